The molecule has 1 heterocycles. The molecule has 0 fully saturated rings. The highest BCUT2D eigenvalue weighted by atomic mass is 15.0. The Balaban J connectivity index is 1.25. The normalized spacial score (nSPS) is 14.9. The van der Waals surface area contributed by atoms with Crippen LogP contribution in [0, 0.1) is 0 Å². The largest absolute Gasteiger partial charge is 0.309 e. The summed E-state index contributed by atoms with van der Waals surface area (Å²) in [6.45, 7) is 4.78. The molecule has 222 valence electrons. The van der Waals surface area contributed by atoms with E-state index in [0.717, 1.165) is 0 Å². The molecule has 2 aliphatic rings. The van der Waals surface area contributed by atoms with Crippen molar-refractivity contribution in [2.75, 3.05) is 0 Å². The van der Waals surface area contributed by atoms with Crippen molar-refractivity contribution in [2.24, 2.45) is 0 Å². The molecule has 0 radical (unpaired) electrons. The van der Waals surface area contributed by atoms with Gasteiger partial charge in [-0.15, -0.1) is 0 Å². The fourth-order valence-corrected chi connectivity index (χ4v) is 9.15. The maximum atomic E-state index is 2.52. The Morgan fingerprint density at radius 2 is 0.936 bits per heavy atom. The number of hydrogen-bond donors (Lipinski definition) is 0. The van der Waals surface area contributed by atoms with E-state index < -0.39 is 5.41 Å². The fraction of sp³-hybridized carbons (Fsp3) is 0.0870. The maximum Gasteiger partial charge on any atom is 0.0713 e. The van der Waals surface area contributed by atoms with Gasteiger partial charge in [0, 0.05) is 21.9 Å². The Morgan fingerprint density at radius 3 is 1.62 bits per heavy atom. The standard InChI is InChI=1S/C46H33N/c1-45(2)39-20-10-6-18-35(39)37-28-29-38-36-19-9-13-23-42(36)47(44(38)43(37)45)32-26-24-31(25-27-32)46(30-14-4-3-5-15-30)40-21-11-7-16-33(40)34-17-8-12-22-41(34)46/h3-29H,1-2H3. The van der Waals surface area contributed by atoms with Crippen LogP contribution in [0.1, 0.15) is 47.2 Å². The first-order valence-corrected chi connectivity index (χ1v) is 16.6. The number of hydrogen-bond acceptors (Lipinski definition) is 0. The second kappa shape index (κ2) is 9.44. The van der Waals surface area contributed by atoms with Crippen molar-refractivity contribution in [1.82, 2.24) is 4.57 Å². The molecule has 10 rings (SSSR count). The maximum absolute atomic E-state index is 2.52. The van der Waals surface area contributed by atoms with Gasteiger partial charge in [-0.25, -0.2) is 0 Å². The zero-order valence-corrected chi connectivity index (χ0v) is 26.5. The third-order valence-electron chi connectivity index (χ3n) is 11.1. The zero-order chi connectivity index (χ0) is 31.3. The number of para-hydroxylation sites is 1. The van der Waals surface area contributed by atoms with Gasteiger partial charge in [0.25, 0.3) is 0 Å². The Bertz CT molecular complexity index is 2480. The van der Waals surface area contributed by atoms with Gasteiger partial charge in [-0.2, -0.15) is 0 Å². The Morgan fingerprint density at radius 1 is 0.404 bits per heavy atom. The lowest BCUT2D eigenvalue weighted by atomic mass is 9.68. The quantitative estimate of drug-likeness (QED) is 0.190. The second-order valence-corrected chi connectivity index (χ2v) is 13.7. The smallest absolute Gasteiger partial charge is 0.0713 e. The van der Waals surface area contributed by atoms with Crippen molar-refractivity contribution >= 4 is 21.8 Å². The van der Waals surface area contributed by atoms with Crippen LogP contribution in [0.4, 0.5) is 0 Å². The number of aromatic nitrogens is 1. The molecule has 8 aromatic rings. The summed E-state index contributed by atoms with van der Waals surface area (Å²) in [5.41, 5.74) is 16.6. The summed E-state index contributed by atoms with van der Waals surface area (Å²) in [5, 5.41) is 2.60. The van der Waals surface area contributed by atoms with E-state index in [2.05, 4.69) is 182 Å². The molecule has 0 bridgehead atoms. The zero-order valence-electron chi connectivity index (χ0n) is 26.5. The summed E-state index contributed by atoms with van der Waals surface area (Å²) < 4.78 is 2.52. The van der Waals surface area contributed by atoms with E-state index in [0.29, 0.717) is 0 Å². The van der Waals surface area contributed by atoms with Gasteiger partial charge in [-0.1, -0.05) is 159 Å². The molecular weight excluding hydrogens is 567 g/mol. The van der Waals surface area contributed by atoms with Crippen LogP contribution in [0.15, 0.2) is 164 Å². The fourth-order valence-electron chi connectivity index (χ4n) is 9.15. The lowest BCUT2D eigenvalue weighted by Crippen LogP contribution is -2.28. The van der Waals surface area contributed by atoms with Gasteiger partial charge in [0.1, 0.15) is 0 Å². The number of fused-ring (bicyclic) bond motifs is 10. The molecule has 1 nitrogen and oxygen atoms in total. The minimum absolute atomic E-state index is 0.119. The lowest BCUT2D eigenvalue weighted by Gasteiger charge is -2.34. The van der Waals surface area contributed by atoms with Crippen LogP contribution in [0.5, 0.6) is 0 Å². The average Bonchev–Trinajstić information content (AvgIpc) is 3.71. The van der Waals surface area contributed by atoms with Crippen molar-refractivity contribution < 1.29 is 0 Å². The molecule has 0 unspecified atom stereocenters. The van der Waals surface area contributed by atoms with Crippen molar-refractivity contribution in [1.29, 1.82) is 0 Å². The molecule has 0 aliphatic heterocycles. The second-order valence-electron chi connectivity index (χ2n) is 13.7. The molecule has 47 heavy (non-hydrogen) atoms. The van der Waals surface area contributed by atoms with Crippen molar-refractivity contribution in [3.63, 3.8) is 0 Å². The molecule has 7 aromatic carbocycles. The number of nitrogens with zero attached hydrogens (tertiary/aromatic N) is 1. The van der Waals surface area contributed by atoms with Crippen LogP contribution in [-0.4, -0.2) is 4.57 Å². The monoisotopic (exact) mass is 599 g/mol. The predicted octanol–water partition coefficient (Wildman–Crippen LogP) is 11.5. The van der Waals surface area contributed by atoms with Crippen LogP contribution < -0.4 is 0 Å². The van der Waals surface area contributed by atoms with Crippen LogP contribution in [-0.2, 0) is 10.8 Å². The van der Waals surface area contributed by atoms with E-state index in [9.17, 15) is 0 Å². The summed E-state index contributed by atoms with van der Waals surface area (Å²) in [7, 11) is 0. The van der Waals surface area contributed by atoms with Gasteiger partial charge in [-0.05, 0) is 73.8 Å². The highest BCUT2D eigenvalue weighted by Crippen LogP contribution is 2.56. The lowest BCUT2D eigenvalue weighted by molar-refractivity contribution is 0.664. The summed E-state index contributed by atoms with van der Waals surface area (Å²) >= 11 is 0. The Labute approximate surface area is 275 Å². The molecule has 0 atom stereocenters. The molecule has 0 saturated heterocycles. The van der Waals surface area contributed by atoms with Crippen LogP contribution in [0.3, 0.4) is 0 Å². The van der Waals surface area contributed by atoms with Crippen molar-refractivity contribution in [3.8, 4) is 27.9 Å². The molecule has 0 saturated carbocycles. The molecule has 0 N–H and O–H groups in total. The third-order valence-corrected chi connectivity index (χ3v) is 11.1. The first kappa shape index (κ1) is 26.5. The van der Waals surface area contributed by atoms with Crippen LogP contribution >= 0.6 is 0 Å². The minimum Gasteiger partial charge on any atom is -0.309 e. The van der Waals surface area contributed by atoms with Crippen molar-refractivity contribution in [2.45, 2.75) is 24.7 Å². The SMILES string of the molecule is CC1(C)c2ccccc2-c2ccc3c4ccccc4n(-c4ccc(C5(c6ccccc6)c6ccccc6-c6ccccc65)cc4)c3c21. The van der Waals surface area contributed by atoms with Crippen LogP contribution in [0.25, 0.3) is 49.7 Å². The van der Waals surface area contributed by atoms with Crippen molar-refractivity contribution in [3.05, 3.63) is 197 Å². The average molecular weight is 600 g/mol. The summed E-state index contributed by atoms with van der Waals surface area (Å²) in [6, 6.07) is 61.0. The molecule has 1 aromatic heterocycles. The van der Waals surface area contributed by atoms with E-state index in [1.165, 1.54) is 83.1 Å². The van der Waals surface area contributed by atoms with E-state index in [1.54, 1.807) is 0 Å². The summed E-state index contributed by atoms with van der Waals surface area (Å²) in [5.74, 6) is 0. The minimum atomic E-state index is -0.404. The molecule has 2 aliphatic carbocycles. The van der Waals surface area contributed by atoms with Gasteiger partial charge in [-0.3, -0.25) is 0 Å². The van der Waals surface area contributed by atoms with Gasteiger partial charge in [0.15, 0.2) is 0 Å². The first-order chi connectivity index (χ1) is 23.1. The van der Waals surface area contributed by atoms with Gasteiger partial charge in [0.05, 0.1) is 16.4 Å². The molecule has 0 amide bonds. The number of benzene rings is 7. The van der Waals surface area contributed by atoms with Gasteiger partial charge >= 0.3 is 0 Å². The Kier molecular flexibility index (Phi) is 5.33. The van der Waals surface area contributed by atoms with Gasteiger partial charge in [0.2, 0.25) is 0 Å². The van der Waals surface area contributed by atoms with E-state index >= 15 is 0 Å². The molecule has 0 spiro atoms. The highest BCUT2D eigenvalue weighted by molar-refractivity contribution is 6.13. The third kappa shape index (κ3) is 3.34. The predicted molar refractivity (Wildman–Crippen MR) is 196 cm³/mol. The van der Waals surface area contributed by atoms with Crippen LogP contribution in [0.2, 0.25) is 0 Å². The molecule has 1 heteroatoms. The van der Waals surface area contributed by atoms with E-state index in [-0.39, 0.29) is 5.41 Å². The summed E-state index contributed by atoms with van der Waals surface area (Å²) in [6.07, 6.45) is 0. The van der Waals surface area contributed by atoms with E-state index in [1.807, 2.05) is 0 Å². The number of rotatable bonds is 3. The van der Waals surface area contributed by atoms with Gasteiger partial charge < -0.3 is 4.57 Å². The summed E-state index contributed by atoms with van der Waals surface area (Å²) in [4.78, 5) is 0. The topological polar surface area (TPSA) is 4.93 Å². The first-order valence-electron chi connectivity index (χ1n) is 16.6. The van der Waals surface area contributed by atoms with E-state index in [4.69, 9.17) is 0 Å². The Hall–Kier alpha value is -5.66. The molecular formula is C46H33N. The highest BCUT2D eigenvalue weighted by Gasteiger charge is 2.46.